The topological polar surface area (TPSA) is 73.6 Å². The Morgan fingerprint density at radius 2 is 1.95 bits per heavy atom. The third kappa shape index (κ3) is 2.23. The van der Waals surface area contributed by atoms with Crippen molar-refractivity contribution in [1.82, 2.24) is 0 Å². The zero-order valence-electron chi connectivity index (χ0n) is 10.4. The summed E-state index contributed by atoms with van der Waals surface area (Å²) in [6.45, 7) is 0.168. The molecule has 0 aromatic heterocycles. The van der Waals surface area contributed by atoms with Crippen LogP contribution in [0.5, 0.6) is 11.5 Å². The van der Waals surface area contributed by atoms with Crippen LogP contribution >= 0.6 is 0 Å². The highest BCUT2D eigenvalue weighted by atomic mass is 19.1. The molecule has 0 saturated carbocycles. The van der Waals surface area contributed by atoms with Gasteiger partial charge in [0.25, 0.3) is 5.91 Å². The molecule has 0 radical (unpaired) electrons. The summed E-state index contributed by atoms with van der Waals surface area (Å²) in [5.41, 5.74) is 6.20. The Kier molecular flexibility index (Phi) is 2.90. The van der Waals surface area contributed by atoms with Crippen LogP contribution in [0, 0.1) is 5.82 Å². The molecule has 0 aliphatic carbocycles. The van der Waals surface area contributed by atoms with Crippen molar-refractivity contribution < 1.29 is 18.7 Å². The predicted octanol–water partition coefficient (Wildman–Crippen LogP) is 2.39. The van der Waals surface area contributed by atoms with E-state index in [1.54, 1.807) is 18.2 Å². The average molecular weight is 274 g/mol. The fourth-order valence-corrected chi connectivity index (χ4v) is 1.86. The van der Waals surface area contributed by atoms with E-state index in [1.165, 1.54) is 12.1 Å². The van der Waals surface area contributed by atoms with Gasteiger partial charge in [-0.3, -0.25) is 4.79 Å². The number of fused-ring (bicyclic) bond motifs is 1. The standard InChI is InChI=1S/C14H11FN2O3/c15-10-3-1-8(5-11(10)16)14(18)17-9-2-4-12-13(6-9)20-7-19-12/h1-6H,7,16H2,(H,17,18). The second-order valence-electron chi connectivity index (χ2n) is 4.26. The van der Waals surface area contributed by atoms with E-state index in [9.17, 15) is 9.18 Å². The molecule has 1 heterocycles. The molecule has 6 heteroatoms. The lowest BCUT2D eigenvalue weighted by Gasteiger charge is -2.07. The van der Waals surface area contributed by atoms with Gasteiger partial charge >= 0.3 is 0 Å². The largest absolute Gasteiger partial charge is 0.454 e. The van der Waals surface area contributed by atoms with Crippen molar-refractivity contribution in [1.29, 1.82) is 0 Å². The number of hydrogen-bond donors (Lipinski definition) is 2. The predicted molar refractivity (Wildman–Crippen MR) is 71.3 cm³/mol. The molecule has 1 aliphatic heterocycles. The van der Waals surface area contributed by atoms with Crippen molar-refractivity contribution in [2.45, 2.75) is 0 Å². The first kappa shape index (κ1) is 12.3. The number of nitrogen functional groups attached to an aromatic ring is 1. The number of ether oxygens (including phenoxy) is 2. The SMILES string of the molecule is Nc1cc(C(=O)Nc2ccc3c(c2)OCO3)ccc1F. The van der Waals surface area contributed by atoms with Gasteiger partial charge in [-0.2, -0.15) is 0 Å². The van der Waals surface area contributed by atoms with E-state index in [1.807, 2.05) is 0 Å². The van der Waals surface area contributed by atoms with E-state index in [4.69, 9.17) is 15.2 Å². The number of carbonyl (C=O) groups excluding carboxylic acids is 1. The molecule has 102 valence electrons. The van der Waals surface area contributed by atoms with Crippen LogP contribution in [-0.4, -0.2) is 12.7 Å². The van der Waals surface area contributed by atoms with Gasteiger partial charge in [0.1, 0.15) is 5.82 Å². The van der Waals surface area contributed by atoms with Crippen LogP contribution in [0.15, 0.2) is 36.4 Å². The third-order valence-corrected chi connectivity index (χ3v) is 2.89. The van der Waals surface area contributed by atoms with E-state index < -0.39 is 5.82 Å². The molecule has 0 fully saturated rings. The molecule has 0 unspecified atom stereocenters. The maximum atomic E-state index is 13.1. The van der Waals surface area contributed by atoms with Crippen LogP contribution in [0.3, 0.4) is 0 Å². The fraction of sp³-hybridized carbons (Fsp3) is 0.0714. The van der Waals surface area contributed by atoms with Gasteiger partial charge in [0.2, 0.25) is 6.79 Å². The Hall–Kier alpha value is -2.76. The molecule has 1 amide bonds. The first-order chi connectivity index (χ1) is 9.63. The number of halogens is 1. The van der Waals surface area contributed by atoms with E-state index >= 15 is 0 Å². The minimum absolute atomic E-state index is 0.0664. The minimum atomic E-state index is -0.551. The lowest BCUT2D eigenvalue weighted by Crippen LogP contribution is -2.12. The maximum Gasteiger partial charge on any atom is 0.255 e. The van der Waals surface area contributed by atoms with Crippen molar-refractivity contribution >= 4 is 17.3 Å². The van der Waals surface area contributed by atoms with Gasteiger partial charge < -0.3 is 20.5 Å². The smallest absolute Gasteiger partial charge is 0.255 e. The molecule has 1 aliphatic rings. The van der Waals surface area contributed by atoms with Crippen molar-refractivity contribution in [3.8, 4) is 11.5 Å². The van der Waals surface area contributed by atoms with Crippen molar-refractivity contribution in [3.63, 3.8) is 0 Å². The Labute approximate surface area is 114 Å². The summed E-state index contributed by atoms with van der Waals surface area (Å²) in [6.07, 6.45) is 0. The average Bonchev–Trinajstić information content (AvgIpc) is 2.89. The molecule has 5 nitrogen and oxygen atoms in total. The van der Waals surface area contributed by atoms with Gasteiger partial charge in [0.15, 0.2) is 11.5 Å². The molecule has 0 atom stereocenters. The Morgan fingerprint density at radius 3 is 2.75 bits per heavy atom. The zero-order chi connectivity index (χ0) is 14.1. The summed E-state index contributed by atoms with van der Waals surface area (Å²) in [7, 11) is 0. The van der Waals surface area contributed by atoms with Crippen LogP contribution in [0.4, 0.5) is 15.8 Å². The number of anilines is 2. The first-order valence-corrected chi connectivity index (χ1v) is 5.89. The first-order valence-electron chi connectivity index (χ1n) is 5.89. The number of nitrogens with one attached hydrogen (secondary N) is 1. The van der Waals surface area contributed by atoms with Gasteiger partial charge in [-0.15, -0.1) is 0 Å². The van der Waals surface area contributed by atoms with Crippen molar-refractivity contribution in [2.24, 2.45) is 0 Å². The molecule has 0 spiro atoms. The van der Waals surface area contributed by atoms with E-state index in [0.29, 0.717) is 17.2 Å². The highest BCUT2D eigenvalue weighted by Gasteiger charge is 2.15. The number of benzene rings is 2. The number of amides is 1. The normalized spacial score (nSPS) is 12.2. The van der Waals surface area contributed by atoms with Gasteiger partial charge in [-0.05, 0) is 30.3 Å². The molecule has 0 bridgehead atoms. The van der Waals surface area contributed by atoms with E-state index in [0.717, 1.165) is 6.07 Å². The Morgan fingerprint density at radius 1 is 1.15 bits per heavy atom. The number of carbonyl (C=O) groups is 1. The summed E-state index contributed by atoms with van der Waals surface area (Å²) >= 11 is 0. The van der Waals surface area contributed by atoms with E-state index in [-0.39, 0.29) is 24.0 Å². The Bertz CT molecular complexity index is 688. The Balaban J connectivity index is 1.80. The van der Waals surface area contributed by atoms with Gasteiger partial charge in [0.05, 0.1) is 5.69 Å². The summed E-state index contributed by atoms with van der Waals surface area (Å²) in [4.78, 5) is 12.0. The molecule has 3 N–H and O–H groups in total. The molecule has 0 saturated heterocycles. The summed E-state index contributed by atoms with van der Waals surface area (Å²) in [5, 5.41) is 2.68. The number of hydrogen-bond acceptors (Lipinski definition) is 4. The highest BCUT2D eigenvalue weighted by Crippen LogP contribution is 2.34. The maximum absolute atomic E-state index is 13.1. The monoisotopic (exact) mass is 274 g/mol. The number of nitrogens with two attached hydrogens (primary N) is 1. The van der Waals surface area contributed by atoms with E-state index in [2.05, 4.69) is 5.32 Å². The molecule has 20 heavy (non-hydrogen) atoms. The fourth-order valence-electron chi connectivity index (χ4n) is 1.86. The summed E-state index contributed by atoms with van der Waals surface area (Å²) < 4.78 is 23.4. The second kappa shape index (κ2) is 4.73. The van der Waals surface area contributed by atoms with Crippen molar-refractivity contribution in [3.05, 3.63) is 47.8 Å². The molecule has 2 aromatic rings. The molecule has 3 rings (SSSR count). The molecule has 2 aromatic carbocycles. The quantitative estimate of drug-likeness (QED) is 0.825. The number of rotatable bonds is 2. The van der Waals surface area contributed by atoms with Gasteiger partial charge in [-0.1, -0.05) is 0 Å². The molecular weight excluding hydrogens is 263 g/mol. The third-order valence-electron chi connectivity index (χ3n) is 2.89. The van der Waals surface area contributed by atoms with Crippen LogP contribution in [-0.2, 0) is 0 Å². The second-order valence-corrected chi connectivity index (χ2v) is 4.26. The summed E-state index contributed by atoms with van der Waals surface area (Å²) in [6, 6.07) is 8.87. The van der Waals surface area contributed by atoms with Crippen molar-refractivity contribution in [2.75, 3.05) is 17.8 Å². The lowest BCUT2D eigenvalue weighted by molar-refractivity contribution is 0.102. The van der Waals surface area contributed by atoms with Crippen LogP contribution in [0.1, 0.15) is 10.4 Å². The van der Waals surface area contributed by atoms with Crippen LogP contribution in [0.2, 0.25) is 0 Å². The highest BCUT2D eigenvalue weighted by molar-refractivity contribution is 6.04. The van der Waals surface area contributed by atoms with Gasteiger partial charge in [-0.25, -0.2) is 4.39 Å². The minimum Gasteiger partial charge on any atom is -0.454 e. The lowest BCUT2D eigenvalue weighted by atomic mass is 10.1. The van der Waals surface area contributed by atoms with Gasteiger partial charge in [0, 0.05) is 17.3 Å². The zero-order valence-corrected chi connectivity index (χ0v) is 10.4. The van der Waals surface area contributed by atoms with Crippen LogP contribution in [0.25, 0.3) is 0 Å². The molecular formula is C14H11FN2O3. The summed E-state index contributed by atoms with van der Waals surface area (Å²) in [5.74, 6) is 0.274. The van der Waals surface area contributed by atoms with Crippen LogP contribution < -0.4 is 20.5 Å².